The fraction of sp³-hybridized carbons (Fsp3) is 0.389. The number of alkyl halides is 3. The molecule has 0 bridgehead atoms. The standard InChI is InChI=1S/C18H19ClF3N3O3/c1-10(18(20,21)22)27-15-14(11-5-7-12(19)8-6-11)24-13(9-23-15)25-16(26)28-17(2,3)4/h5-10H,1-4H3,(H,24,25,26)/t10-/m0/s1. The maximum atomic E-state index is 12.9. The van der Waals surface area contributed by atoms with Crippen molar-refractivity contribution in [1.29, 1.82) is 0 Å². The molecular formula is C18H19ClF3N3O3. The van der Waals surface area contributed by atoms with Crippen molar-refractivity contribution in [2.24, 2.45) is 0 Å². The summed E-state index contributed by atoms with van der Waals surface area (Å²) in [6, 6.07) is 6.19. The van der Waals surface area contributed by atoms with Gasteiger partial charge in [-0.25, -0.2) is 14.8 Å². The van der Waals surface area contributed by atoms with E-state index in [0.29, 0.717) is 10.6 Å². The molecule has 1 N–H and O–H groups in total. The Labute approximate surface area is 165 Å². The summed E-state index contributed by atoms with van der Waals surface area (Å²) in [6.07, 6.45) is -6.37. The first-order valence-electron chi connectivity index (χ1n) is 8.21. The van der Waals surface area contributed by atoms with Crippen LogP contribution in [-0.2, 0) is 4.74 Å². The van der Waals surface area contributed by atoms with E-state index in [0.717, 1.165) is 13.1 Å². The molecule has 1 heterocycles. The molecule has 0 aliphatic heterocycles. The minimum absolute atomic E-state index is 0.00814. The molecule has 0 saturated carbocycles. The van der Waals surface area contributed by atoms with E-state index in [4.69, 9.17) is 21.1 Å². The number of nitrogens with zero attached hydrogens (tertiary/aromatic N) is 2. The van der Waals surface area contributed by atoms with Gasteiger partial charge in [0.15, 0.2) is 11.9 Å². The first kappa shape index (κ1) is 21.7. The highest BCUT2D eigenvalue weighted by Gasteiger charge is 2.39. The zero-order chi connectivity index (χ0) is 21.1. The molecule has 2 rings (SSSR count). The molecular weight excluding hydrogens is 399 g/mol. The number of nitrogens with one attached hydrogen (secondary N) is 1. The lowest BCUT2D eigenvalue weighted by Gasteiger charge is -2.20. The van der Waals surface area contributed by atoms with Crippen LogP contribution in [0.3, 0.4) is 0 Å². The van der Waals surface area contributed by atoms with Gasteiger partial charge in [-0.1, -0.05) is 23.7 Å². The topological polar surface area (TPSA) is 73.3 Å². The summed E-state index contributed by atoms with van der Waals surface area (Å²) in [7, 11) is 0. The number of carbonyl (C=O) groups excluding carboxylic acids is 1. The number of benzene rings is 1. The first-order chi connectivity index (χ1) is 12.8. The maximum absolute atomic E-state index is 12.9. The van der Waals surface area contributed by atoms with Gasteiger partial charge in [0.1, 0.15) is 11.3 Å². The van der Waals surface area contributed by atoms with Gasteiger partial charge in [-0.15, -0.1) is 0 Å². The van der Waals surface area contributed by atoms with Gasteiger partial charge in [0.05, 0.1) is 6.20 Å². The Hall–Kier alpha value is -2.55. The van der Waals surface area contributed by atoms with Crippen LogP contribution in [0.1, 0.15) is 27.7 Å². The fourth-order valence-electron chi connectivity index (χ4n) is 1.96. The summed E-state index contributed by atoms with van der Waals surface area (Å²) in [6.45, 7) is 5.92. The fourth-order valence-corrected chi connectivity index (χ4v) is 2.09. The second-order valence-corrected chi connectivity index (χ2v) is 7.28. The Balaban J connectivity index is 2.37. The number of hydrogen-bond donors (Lipinski definition) is 1. The summed E-state index contributed by atoms with van der Waals surface area (Å²) >= 11 is 5.86. The molecule has 1 atom stereocenters. The van der Waals surface area contributed by atoms with Crippen molar-refractivity contribution in [2.45, 2.75) is 45.6 Å². The van der Waals surface area contributed by atoms with Crippen molar-refractivity contribution >= 4 is 23.5 Å². The summed E-state index contributed by atoms with van der Waals surface area (Å²) in [5.74, 6) is -0.340. The first-order valence-corrected chi connectivity index (χ1v) is 8.59. The van der Waals surface area contributed by atoms with E-state index in [-0.39, 0.29) is 17.4 Å². The van der Waals surface area contributed by atoms with E-state index >= 15 is 0 Å². The monoisotopic (exact) mass is 417 g/mol. The van der Waals surface area contributed by atoms with E-state index in [2.05, 4.69) is 15.3 Å². The van der Waals surface area contributed by atoms with Gasteiger partial charge in [-0.05, 0) is 39.8 Å². The Morgan fingerprint density at radius 2 is 1.79 bits per heavy atom. The predicted molar refractivity (Wildman–Crippen MR) is 98.5 cm³/mol. The summed E-state index contributed by atoms with van der Waals surface area (Å²) in [5.41, 5.74) is -0.308. The molecule has 0 unspecified atom stereocenters. The number of ether oxygens (including phenoxy) is 2. The van der Waals surface area contributed by atoms with E-state index in [1.807, 2.05) is 0 Å². The SMILES string of the molecule is C[C@H](Oc1ncc(NC(=O)OC(C)(C)C)nc1-c1ccc(Cl)cc1)C(F)(F)F. The average Bonchev–Trinajstić information content (AvgIpc) is 2.54. The van der Waals surface area contributed by atoms with E-state index in [1.165, 1.54) is 0 Å². The molecule has 0 aliphatic carbocycles. The molecule has 0 aliphatic rings. The zero-order valence-electron chi connectivity index (χ0n) is 15.6. The van der Waals surface area contributed by atoms with E-state index in [9.17, 15) is 18.0 Å². The van der Waals surface area contributed by atoms with Gasteiger partial charge in [-0.2, -0.15) is 13.2 Å². The maximum Gasteiger partial charge on any atom is 0.425 e. The van der Waals surface area contributed by atoms with E-state index in [1.54, 1.807) is 45.0 Å². The number of amides is 1. The van der Waals surface area contributed by atoms with Gasteiger partial charge in [0.2, 0.25) is 5.88 Å². The predicted octanol–water partition coefficient (Wildman–Crippen LogP) is 5.47. The Kier molecular flexibility index (Phi) is 6.38. The number of halogens is 4. The van der Waals surface area contributed by atoms with Crippen LogP contribution in [0.15, 0.2) is 30.5 Å². The van der Waals surface area contributed by atoms with Crippen LogP contribution in [-0.4, -0.2) is 33.9 Å². The molecule has 1 aromatic heterocycles. The van der Waals surface area contributed by atoms with Gasteiger partial charge in [-0.3, -0.25) is 5.32 Å². The van der Waals surface area contributed by atoms with Crippen LogP contribution in [0, 0.1) is 0 Å². The average molecular weight is 418 g/mol. The van der Waals surface area contributed by atoms with Gasteiger partial charge < -0.3 is 9.47 Å². The lowest BCUT2D eigenvalue weighted by Crippen LogP contribution is -2.31. The number of anilines is 1. The minimum Gasteiger partial charge on any atom is -0.463 e. The quantitative estimate of drug-likeness (QED) is 0.713. The second kappa shape index (κ2) is 8.22. The zero-order valence-corrected chi connectivity index (χ0v) is 16.4. The van der Waals surface area contributed by atoms with Crippen LogP contribution >= 0.6 is 11.6 Å². The molecule has 2 aromatic rings. The van der Waals surface area contributed by atoms with Crippen LogP contribution in [0.25, 0.3) is 11.3 Å². The molecule has 0 saturated heterocycles. The number of aromatic nitrogens is 2. The number of carbonyl (C=O) groups is 1. The highest BCUT2D eigenvalue weighted by atomic mass is 35.5. The molecule has 6 nitrogen and oxygen atoms in total. The highest BCUT2D eigenvalue weighted by molar-refractivity contribution is 6.30. The molecule has 0 radical (unpaired) electrons. The van der Waals surface area contributed by atoms with Crippen LogP contribution < -0.4 is 10.1 Å². The lowest BCUT2D eigenvalue weighted by atomic mass is 10.1. The third-order valence-electron chi connectivity index (χ3n) is 3.23. The van der Waals surface area contributed by atoms with Crippen molar-refractivity contribution in [3.05, 3.63) is 35.5 Å². The molecule has 0 fully saturated rings. The third kappa shape index (κ3) is 6.26. The van der Waals surface area contributed by atoms with Crippen molar-refractivity contribution in [3.63, 3.8) is 0 Å². The summed E-state index contributed by atoms with van der Waals surface area (Å²) < 4.78 is 48.7. The molecule has 28 heavy (non-hydrogen) atoms. The Morgan fingerprint density at radius 1 is 1.18 bits per heavy atom. The van der Waals surface area contributed by atoms with Crippen LogP contribution in [0.2, 0.25) is 5.02 Å². The van der Waals surface area contributed by atoms with Crippen molar-refractivity contribution in [3.8, 4) is 17.1 Å². The highest BCUT2D eigenvalue weighted by Crippen LogP contribution is 2.32. The molecule has 1 aromatic carbocycles. The summed E-state index contributed by atoms with van der Waals surface area (Å²) in [4.78, 5) is 20.0. The number of hydrogen-bond acceptors (Lipinski definition) is 5. The normalized spacial score (nSPS) is 13.0. The van der Waals surface area contributed by atoms with Gasteiger partial charge in [0, 0.05) is 10.6 Å². The lowest BCUT2D eigenvalue weighted by molar-refractivity contribution is -0.189. The molecule has 152 valence electrons. The van der Waals surface area contributed by atoms with Crippen LogP contribution in [0.5, 0.6) is 5.88 Å². The van der Waals surface area contributed by atoms with Crippen LogP contribution in [0.4, 0.5) is 23.8 Å². The minimum atomic E-state index is -4.58. The van der Waals surface area contributed by atoms with Gasteiger partial charge >= 0.3 is 12.3 Å². The Bertz CT molecular complexity index is 837. The second-order valence-electron chi connectivity index (χ2n) is 6.84. The molecule has 0 spiro atoms. The van der Waals surface area contributed by atoms with Gasteiger partial charge in [0.25, 0.3) is 0 Å². The van der Waals surface area contributed by atoms with Crippen molar-refractivity contribution < 1.29 is 27.4 Å². The number of rotatable bonds is 4. The Morgan fingerprint density at radius 3 is 2.32 bits per heavy atom. The molecule has 10 heteroatoms. The largest absolute Gasteiger partial charge is 0.463 e. The van der Waals surface area contributed by atoms with Crippen molar-refractivity contribution in [2.75, 3.05) is 5.32 Å². The third-order valence-corrected chi connectivity index (χ3v) is 3.49. The molecule has 1 amide bonds. The smallest absolute Gasteiger partial charge is 0.425 e. The van der Waals surface area contributed by atoms with E-state index < -0.39 is 24.0 Å². The summed E-state index contributed by atoms with van der Waals surface area (Å²) in [5, 5.41) is 2.83. The van der Waals surface area contributed by atoms with Crippen molar-refractivity contribution in [1.82, 2.24) is 9.97 Å².